The topological polar surface area (TPSA) is 58.5 Å². The van der Waals surface area contributed by atoms with Gasteiger partial charge in [-0.3, -0.25) is 4.79 Å². The highest BCUT2D eigenvalue weighted by atomic mass is 19.1. The molecule has 0 aliphatic heterocycles. The first kappa shape index (κ1) is 12.9. The lowest BCUT2D eigenvalue weighted by atomic mass is 9.98. The standard InChI is InChI=1S/C14H11FN2O2/c1-16-14(18)12-8-9(17-19)6-7-10(12)11-4-2-3-5-13(11)15/h2-8H,1H3,(H,16,18). The van der Waals surface area contributed by atoms with E-state index in [1.54, 1.807) is 18.2 Å². The number of nitrogens with zero attached hydrogens (tertiary/aromatic N) is 1. The van der Waals surface area contributed by atoms with Crippen LogP contribution in [-0.4, -0.2) is 13.0 Å². The van der Waals surface area contributed by atoms with Crippen LogP contribution in [0.25, 0.3) is 11.1 Å². The number of hydrogen-bond acceptors (Lipinski definition) is 3. The smallest absolute Gasteiger partial charge is 0.251 e. The van der Waals surface area contributed by atoms with Crippen molar-refractivity contribution in [3.8, 4) is 11.1 Å². The molecule has 0 spiro atoms. The molecule has 0 atom stereocenters. The second-order valence-electron chi connectivity index (χ2n) is 3.88. The molecule has 0 aliphatic carbocycles. The van der Waals surface area contributed by atoms with E-state index in [4.69, 9.17) is 0 Å². The first-order valence-electron chi connectivity index (χ1n) is 5.61. The number of hydrogen-bond donors (Lipinski definition) is 1. The fourth-order valence-corrected chi connectivity index (χ4v) is 1.83. The molecule has 1 N–H and O–H groups in total. The molecule has 2 aromatic carbocycles. The van der Waals surface area contributed by atoms with Crippen LogP contribution >= 0.6 is 0 Å². The zero-order valence-corrected chi connectivity index (χ0v) is 10.2. The van der Waals surface area contributed by atoms with E-state index in [1.165, 1.54) is 31.3 Å². The third kappa shape index (κ3) is 2.49. The van der Waals surface area contributed by atoms with Gasteiger partial charge in [-0.1, -0.05) is 24.3 Å². The zero-order chi connectivity index (χ0) is 13.8. The summed E-state index contributed by atoms with van der Waals surface area (Å²) in [6.45, 7) is 0. The van der Waals surface area contributed by atoms with E-state index in [2.05, 4.69) is 10.5 Å². The van der Waals surface area contributed by atoms with E-state index in [9.17, 15) is 14.1 Å². The van der Waals surface area contributed by atoms with Crippen molar-refractivity contribution in [3.05, 3.63) is 58.8 Å². The van der Waals surface area contributed by atoms with Crippen molar-refractivity contribution in [2.45, 2.75) is 0 Å². The van der Waals surface area contributed by atoms with Gasteiger partial charge in [0.05, 0.1) is 0 Å². The summed E-state index contributed by atoms with van der Waals surface area (Å²) in [4.78, 5) is 22.3. The first-order chi connectivity index (χ1) is 9.17. The SMILES string of the molecule is CNC(=O)c1cc(N=O)ccc1-c1ccccc1F. The van der Waals surface area contributed by atoms with Crippen molar-refractivity contribution in [1.29, 1.82) is 0 Å². The predicted octanol–water partition coefficient (Wildman–Crippen LogP) is 3.25. The van der Waals surface area contributed by atoms with E-state index < -0.39 is 11.7 Å². The van der Waals surface area contributed by atoms with Gasteiger partial charge < -0.3 is 5.32 Å². The molecule has 5 heteroatoms. The number of carbonyl (C=O) groups excluding carboxylic acids is 1. The summed E-state index contributed by atoms with van der Waals surface area (Å²) in [6, 6.07) is 10.4. The van der Waals surface area contributed by atoms with Crippen LogP contribution in [-0.2, 0) is 0 Å². The summed E-state index contributed by atoms with van der Waals surface area (Å²) in [6.07, 6.45) is 0. The summed E-state index contributed by atoms with van der Waals surface area (Å²) in [5, 5.41) is 5.24. The Balaban J connectivity index is 2.66. The van der Waals surface area contributed by atoms with E-state index in [0.29, 0.717) is 11.1 Å². The van der Waals surface area contributed by atoms with Gasteiger partial charge in [-0.15, -0.1) is 4.91 Å². The summed E-state index contributed by atoms with van der Waals surface area (Å²) in [5.74, 6) is -0.830. The van der Waals surface area contributed by atoms with Gasteiger partial charge in [-0.2, -0.15) is 0 Å². The monoisotopic (exact) mass is 258 g/mol. The lowest BCUT2D eigenvalue weighted by molar-refractivity contribution is 0.0964. The maximum absolute atomic E-state index is 13.8. The Labute approximate surface area is 109 Å². The van der Waals surface area contributed by atoms with Crippen LogP contribution in [0, 0.1) is 10.7 Å². The molecule has 0 radical (unpaired) electrons. The molecule has 0 aromatic heterocycles. The number of halogens is 1. The van der Waals surface area contributed by atoms with E-state index >= 15 is 0 Å². The molecule has 2 rings (SSSR count). The molecule has 0 fully saturated rings. The zero-order valence-electron chi connectivity index (χ0n) is 10.2. The number of nitrogens with one attached hydrogen (secondary N) is 1. The summed E-state index contributed by atoms with van der Waals surface area (Å²) in [5.41, 5.74) is 1.06. The Kier molecular flexibility index (Phi) is 3.66. The third-order valence-corrected chi connectivity index (χ3v) is 2.74. The molecular weight excluding hydrogens is 247 g/mol. The van der Waals surface area contributed by atoms with Crippen molar-refractivity contribution >= 4 is 11.6 Å². The summed E-state index contributed by atoms with van der Waals surface area (Å²) >= 11 is 0. The molecule has 0 saturated heterocycles. The normalized spacial score (nSPS) is 10.0. The second kappa shape index (κ2) is 5.39. The fraction of sp³-hybridized carbons (Fsp3) is 0.0714. The molecule has 96 valence electrons. The maximum atomic E-state index is 13.8. The summed E-state index contributed by atoms with van der Waals surface area (Å²) < 4.78 is 13.8. The van der Waals surface area contributed by atoms with Crippen LogP contribution in [0.1, 0.15) is 10.4 Å². The maximum Gasteiger partial charge on any atom is 0.251 e. The minimum Gasteiger partial charge on any atom is -0.355 e. The molecule has 0 aliphatic rings. The van der Waals surface area contributed by atoms with E-state index in [0.717, 1.165) is 0 Å². The van der Waals surface area contributed by atoms with Crippen LogP contribution in [0.4, 0.5) is 10.1 Å². The molecule has 0 heterocycles. The molecule has 0 unspecified atom stereocenters. The Morgan fingerprint density at radius 2 is 1.89 bits per heavy atom. The first-order valence-corrected chi connectivity index (χ1v) is 5.61. The van der Waals surface area contributed by atoms with Crippen molar-refractivity contribution in [1.82, 2.24) is 5.32 Å². The minimum absolute atomic E-state index is 0.124. The van der Waals surface area contributed by atoms with Crippen LogP contribution in [0.15, 0.2) is 47.6 Å². The van der Waals surface area contributed by atoms with Crippen molar-refractivity contribution < 1.29 is 9.18 Å². The van der Waals surface area contributed by atoms with Crippen LogP contribution in [0.2, 0.25) is 0 Å². The van der Waals surface area contributed by atoms with Gasteiger partial charge in [0.25, 0.3) is 5.91 Å². The van der Waals surface area contributed by atoms with Crippen LogP contribution in [0.5, 0.6) is 0 Å². The van der Waals surface area contributed by atoms with Gasteiger partial charge in [0.1, 0.15) is 11.5 Å². The average Bonchev–Trinajstić information content (AvgIpc) is 2.46. The summed E-state index contributed by atoms with van der Waals surface area (Å²) in [7, 11) is 1.47. The molecular formula is C14H11FN2O2. The quantitative estimate of drug-likeness (QED) is 0.859. The van der Waals surface area contributed by atoms with Gasteiger partial charge in [-0.05, 0) is 28.9 Å². The fourth-order valence-electron chi connectivity index (χ4n) is 1.83. The van der Waals surface area contributed by atoms with Gasteiger partial charge >= 0.3 is 0 Å². The number of nitroso groups, excluding NO2 is 1. The van der Waals surface area contributed by atoms with Crippen LogP contribution in [0.3, 0.4) is 0 Å². The highest BCUT2D eigenvalue weighted by Crippen LogP contribution is 2.29. The van der Waals surface area contributed by atoms with Gasteiger partial charge in [-0.25, -0.2) is 4.39 Å². The predicted molar refractivity (Wildman–Crippen MR) is 70.7 cm³/mol. The Bertz CT molecular complexity index is 641. The lowest BCUT2D eigenvalue weighted by Crippen LogP contribution is -2.18. The van der Waals surface area contributed by atoms with Crippen molar-refractivity contribution in [3.63, 3.8) is 0 Å². The largest absolute Gasteiger partial charge is 0.355 e. The number of amides is 1. The van der Waals surface area contributed by atoms with Gasteiger partial charge in [0.2, 0.25) is 0 Å². The molecule has 0 saturated carbocycles. The number of benzene rings is 2. The highest BCUT2D eigenvalue weighted by Gasteiger charge is 2.15. The Morgan fingerprint density at radius 3 is 2.53 bits per heavy atom. The number of rotatable bonds is 3. The molecule has 2 aromatic rings. The van der Waals surface area contributed by atoms with Gasteiger partial charge in [0.15, 0.2) is 0 Å². The highest BCUT2D eigenvalue weighted by molar-refractivity contribution is 6.01. The van der Waals surface area contributed by atoms with Crippen molar-refractivity contribution in [2.75, 3.05) is 7.05 Å². The molecule has 0 bridgehead atoms. The molecule has 19 heavy (non-hydrogen) atoms. The Hall–Kier alpha value is -2.56. The van der Waals surface area contributed by atoms with Crippen LogP contribution < -0.4 is 5.32 Å². The third-order valence-electron chi connectivity index (χ3n) is 2.74. The van der Waals surface area contributed by atoms with Crippen molar-refractivity contribution in [2.24, 2.45) is 5.18 Å². The minimum atomic E-state index is -0.431. The Morgan fingerprint density at radius 1 is 1.16 bits per heavy atom. The lowest BCUT2D eigenvalue weighted by Gasteiger charge is -2.09. The average molecular weight is 258 g/mol. The second-order valence-corrected chi connectivity index (χ2v) is 3.88. The van der Waals surface area contributed by atoms with E-state index in [1.807, 2.05) is 0 Å². The molecule has 1 amide bonds. The number of carbonyl (C=O) groups is 1. The van der Waals surface area contributed by atoms with E-state index in [-0.39, 0.29) is 11.3 Å². The van der Waals surface area contributed by atoms with Gasteiger partial charge in [0, 0.05) is 18.2 Å². The molecule has 4 nitrogen and oxygen atoms in total.